The van der Waals surface area contributed by atoms with Crippen molar-refractivity contribution >= 4 is 27.3 Å². The Kier molecular flexibility index (Phi) is 4.88. The van der Waals surface area contributed by atoms with Gasteiger partial charge < -0.3 is 10.4 Å². The van der Waals surface area contributed by atoms with Gasteiger partial charge in [-0.15, -0.1) is 11.3 Å². The number of aliphatic hydroxyl groups is 1. The molecule has 0 amide bonds. The maximum atomic E-state index is 13.4. The predicted octanol–water partition coefficient (Wildman–Crippen LogP) is 3.47. The van der Waals surface area contributed by atoms with E-state index in [1.165, 1.54) is 10.9 Å². The second kappa shape index (κ2) is 6.43. The van der Waals surface area contributed by atoms with Gasteiger partial charge in [-0.25, -0.2) is 4.39 Å². The van der Waals surface area contributed by atoms with Crippen molar-refractivity contribution in [3.63, 3.8) is 0 Å². The van der Waals surface area contributed by atoms with Crippen LogP contribution in [0.25, 0.3) is 0 Å². The molecule has 1 atom stereocenters. The van der Waals surface area contributed by atoms with Gasteiger partial charge in [-0.1, -0.05) is 12.1 Å². The van der Waals surface area contributed by atoms with E-state index >= 15 is 0 Å². The topological polar surface area (TPSA) is 32.3 Å². The molecule has 0 aliphatic carbocycles. The number of aliphatic hydroxyl groups excluding tert-OH is 1. The maximum absolute atomic E-state index is 13.4. The fourth-order valence-corrected chi connectivity index (χ4v) is 2.56. The summed E-state index contributed by atoms with van der Waals surface area (Å²) in [6, 6.07) is 8.64. The van der Waals surface area contributed by atoms with Gasteiger partial charge in [-0.05, 0) is 45.1 Å². The summed E-state index contributed by atoms with van der Waals surface area (Å²) in [6.45, 7) is 0.604. The molecule has 0 aliphatic rings. The molecule has 1 aromatic carbocycles. The van der Waals surface area contributed by atoms with E-state index in [4.69, 9.17) is 0 Å². The molecule has 1 unspecified atom stereocenters. The molecule has 0 radical (unpaired) electrons. The summed E-state index contributed by atoms with van der Waals surface area (Å²) in [5.74, 6) is -0.316. The van der Waals surface area contributed by atoms with E-state index in [0.717, 1.165) is 5.56 Å². The van der Waals surface area contributed by atoms with E-state index < -0.39 is 0 Å². The first-order valence-corrected chi connectivity index (χ1v) is 7.19. The number of benzene rings is 1. The summed E-state index contributed by atoms with van der Waals surface area (Å²) in [7, 11) is 0. The first kappa shape index (κ1) is 13.7. The lowest BCUT2D eigenvalue weighted by atomic mass is 10.1. The van der Waals surface area contributed by atoms with Crippen LogP contribution in [0.15, 0.2) is 40.2 Å². The third-order valence-electron chi connectivity index (χ3n) is 2.63. The van der Waals surface area contributed by atoms with Crippen molar-refractivity contribution in [3.05, 3.63) is 56.4 Å². The van der Waals surface area contributed by atoms with Crippen LogP contribution in [0.2, 0.25) is 0 Å². The maximum Gasteiger partial charge on any atom is 0.137 e. The molecular formula is C13H13BrFNOS. The van der Waals surface area contributed by atoms with Crippen molar-refractivity contribution in [2.75, 3.05) is 6.61 Å². The fourth-order valence-electron chi connectivity index (χ4n) is 1.65. The van der Waals surface area contributed by atoms with Gasteiger partial charge in [0.05, 0.1) is 17.1 Å². The van der Waals surface area contributed by atoms with Crippen LogP contribution >= 0.6 is 27.3 Å². The Balaban J connectivity index is 2.05. The van der Waals surface area contributed by atoms with E-state index in [9.17, 15) is 9.50 Å². The number of thiophene rings is 1. The number of rotatable bonds is 5. The third kappa shape index (κ3) is 3.38. The molecule has 18 heavy (non-hydrogen) atoms. The summed E-state index contributed by atoms with van der Waals surface area (Å²) < 4.78 is 13.9. The minimum atomic E-state index is -0.316. The van der Waals surface area contributed by atoms with Crippen molar-refractivity contribution < 1.29 is 9.50 Å². The third-order valence-corrected chi connectivity index (χ3v) is 4.15. The highest BCUT2D eigenvalue weighted by Gasteiger charge is 2.12. The number of halogens is 2. The smallest absolute Gasteiger partial charge is 0.137 e. The first-order chi connectivity index (χ1) is 8.70. The normalized spacial score (nSPS) is 12.6. The van der Waals surface area contributed by atoms with E-state index in [2.05, 4.69) is 21.2 Å². The predicted molar refractivity (Wildman–Crippen MR) is 75.1 cm³/mol. The SMILES string of the molecule is OCC(NCc1cccs1)c1ccc(Br)c(F)c1. The van der Waals surface area contributed by atoms with Crippen LogP contribution in [0.5, 0.6) is 0 Å². The lowest BCUT2D eigenvalue weighted by Gasteiger charge is -2.16. The molecule has 2 rings (SSSR count). The Morgan fingerprint density at radius 2 is 2.22 bits per heavy atom. The first-order valence-electron chi connectivity index (χ1n) is 5.52. The zero-order valence-electron chi connectivity index (χ0n) is 9.57. The zero-order chi connectivity index (χ0) is 13.0. The van der Waals surface area contributed by atoms with Crippen LogP contribution in [-0.2, 0) is 6.54 Å². The van der Waals surface area contributed by atoms with Gasteiger partial charge in [-0.2, -0.15) is 0 Å². The largest absolute Gasteiger partial charge is 0.394 e. The van der Waals surface area contributed by atoms with E-state index in [1.807, 2.05) is 17.5 Å². The Hall–Kier alpha value is -0.750. The molecule has 5 heteroatoms. The molecule has 1 aromatic heterocycles. The molecule has 0 fully saturated rings. The monoisotopic (exact) mass is 329 g/mol. The van der Waals surface area contributed by atoms with Crippen molar-refractivity contribution in [1.82, 2.24) is 5.32 Å². The summed E-state index contributed by atoms with van der Waals surface area (Å²) in [6.07, 6.45) is 0. The van der Waals surface area contributed by atoms with Crippen molar-refractivity contribution in [2.24, 2.45) is 0 Å². The van der Waals surface area contributed by atoms with E-state index in [0.29, 0.717) is 11.0 Å². The highest BCUT2D eigenvalue weighted by atomic mass is 79.9. The molecule has 0 aliphatic heterocycles. The Labute approximate surface area is 118 Å². The molecule has 2 N–H and O–H groups in total. The average molecular weight is 330 g/mol. The van der Waals surface area contributed by atoms with E-state index in [-0.39, 0.29) is 18.5 Å². The molecule has 0 saturated carbocycles. The lowest BCUT2D eigenvalue weighted by molar-refractivity contribution is 0.243. The number of hydrogen-bond donors (Lipinski definition) is 2. The van der Waals surface area contributed by atoms with Gasteiger partial charge in [0.25, 0.3) is 0 Å². The molecular weight excluding hydrogens is 317 g/mol. The molecule has 96 valence electrons. The second-order valence-corrected chi connectivity index (χ2v) is 5.76. The molecule has 2 aromatic rings. The summed E-state index contributed by atoms with van der Waals surface area (Å²) in [5, 5.41) is 14.6. The van der Waals surface area contributed by atoms with Crippen LogP contribution in [0, 0.1) is 5.82 Å². The van der Waals surface area contributed by atoms with Crippen LogP contribution < -0.4 is 5.32 Å². The quantitative estimate of drug-likeness (QED) is 0.880. The van der Waals surface area contributed by atoms with Gasteiger partial charge in [0.1, 0.15) is 5.82 Å². The second-order valence-electron chi connectivity index (χ2n) is 3.87. The van der Waals surface area contributed by atoms with Crippen molar-refractivity contribution in [3.8, 4) is 0 Å². The van der Waals surface area contributed by atoms with Crippen molar-refractivity contribution in [1.29, 1.82) is 0 Å². The molecule has 0 spiro atoms. The standard InChI is InChI=1S/C13H13BrFNOS/c14-11-4-3-9(6-12(11)15)13(8-17)16-7-10-2-1-5-18-10/h1-6,13,16-17H,7-8H2. The number of hydrogen-bond acceptors (Lipinski definition) is 3. The lowest BCUT2D eigenvalue weighted by Crippen LogP contribution is -2.23. The molecule has 1 heterocycles. The molecule has 0 saturated heterocycles. The van der Waals surface area contributed by atoms with Crippen LogP contribution in [0.4, 0.5) is 4.39 Å². The fraction of sp³-hybridized carbons (Fsp3) is 0.231. The van der Waals surface area contributed by atoms with Crippen LogP contribution in [-0.4, -0.2) is 11.7 Å². The van der Waals surface area contributed by atoms with Gasteiger partial charge in [0, 0.05) is 11.4 Å². The summed E-state index contributed by atoms with van der Waals surface area (Å²) >= 11 is 4.77. The van der Waals surface area contributed by atoms with Gasteiger partial charge in [0.15, 0.2) is 0 Å². The van der Waals surface area contributed by atoms with Gasteiger partial charge in [0.2, 0.25) is 0 Å². The Bertz CT molecular complexity index is 504. The van der Waals surface area contributed by atoms with Crippen LogP contribution in [0.3, 0.4) is 0 Å². The minimum Gasteiger partial charge on any atom is -0.394 e. The average Bonchev–Trinajstić information content (AvgIpc) is 2.87. The number of nitrogens with one attached hydrogen (secondary N) is 1. The molecule has 2 nitrogen and oxygen atoms in total. The van der Waals surface area contributed by atoms with Crippen molar-refractivity contribution in [2.45, 2.75) is 12.6 Å². The highest BCUT2D eigenvalue weighted by Crippen LogP contribution is 2.21. The van der Waals surface area contributed by atoms with Gasteiger partial charge >= 0.3 is 0 Å². The van der Waals surface area contributed by atoms with Crippen LogP contribution in [0.1, 0.15) is 16.5 Å². The summed E-state index contributed by atoms with van der Waals surface area (Å²) in [4.78, 5) is 1.19. The highest BCUT2D eigenvalue weighted by molar-refractivity contribution is 9.10. The van der Waals surface area contributed by atoms with Gasteiger partial charge in [-0.3, -0.25) is 0 Å². The molecule has 0 bridgehead atoms. The van der Waals surface area contributed by atoms with E-state index in [1.54, 1.807) is 23.5 Å². The Morgan fingerprint density at radius 3 is 2.83 bits per heavy atom. The Morgan fingerprint density at radius 1 is 1.39 bits per heavy atom. The summed E-state index contributed by atoms with van der Waals surface area (Å²) in [5.41, 5.74) is 0.745. The zero-order valence-corrected chi connectivity index (χ0v) is 12.0. The minimum absolute atomic E-state index is 0.0630.